The van der Waals surface area contributed by atoms with E-state index in [-0.39, 0.29) is 0 Å². The molecule has 1 nitrogen and oxygen atoms in total. The Morgan fingerprint density at radius 2 is 0.583 bits per heavy atom. The monoisotopic (exact) mass is 561 g/mol. The van der Waals surface area contributed by atoms with Gasteiger partial charge in [-0.15, -0.1) is 24.2 Å². The summed E-state index contributed by atoms with van der Waals surface area (Å²) < 4.78 is 0.628. The normalized spacial score (nSPS) is 11.3. The average Bonchev–Trinajstić information content (AvgIpc) is 2.87. The van der Waals surface area contributed by atoms with Crippen molar-refractivity contribution >= 4 is 40.8 Å². The third-order valence-electron chi connectivity index (χ3n) is 7.59. The minimum absolute atomic E-state index is 0.628. The first-order valence-corrected chi connectivity index (χ1v) is 17.7. The molecule has 0 saturated heterocycles. The molecule has 36 heavy (non-hydrogen) atoms. The molecule has 0 bridgehead atoms. The second-order valence-corrected chi connectivity index (χ2v) is 12.7. The maximum absolute atomic E-state index is 5.72. The first-order chi connectivity index (χ1) is 17.8. The number of hydrogen-bond acceptors (Lipinski definition) is 1. The molecule has 1 N–H and O–H groups in total. The summed E-state index contributed by atoms with van der Waals surface area (Å²) in [5.41, 5.74) is 0. The lowest BCUT2D eigenvalue weighted by molar-refractivity contribution is 0.513. The van der Waals surface area contributed by atoms with Crippen molar-refractivity contribution in [1.29, 1.82) is 0 Å². The van der Waals surface area contributed by atoms with Gasteiger partial charge >= 0.3 is 0 Å². The maximum atomic E-state index is 5.72. The van der Waals surface area contributed by atoms with E-state index in [1.807, 2.05) is 0 Å². The van der Waals surface area contributed by atoms with E-state index in [1.165, 1.54) is 186 Å². The number of alkyl halides is 1. The van der Waals surface area contributed by atoms with Gasteiger partial charge in [-0.2, -0.15) is 0 Å². The molecule has 0 aliphatic rings. The van der Waals surface area contributed by atoms with E-state index in [0.717, 1.165) is 12.4 Å². The van der Waals surface area contributed by atoms with Crippen LogP contribution in [-0.2, 0) is 0 Å². The lowest BCUT2D eigenvalue weighted by atomic mass is 10.0. The third kappa shape index (κ3) is 34.5. The molecule has 0 radical (unpaired) electrons. The number of halogens is 1. The minimum atomic E-state index is 0.628. The summed E-state index contributed by atoms with van der Waals surface area (Å²) in [5.74, 6) is 0.843. The standard InChI is InChI=1S/C32H64ClNS2/c33-30-28-26-24-22-20-18-16-14-12-10-8-6-4-2-1-3-5-7-9-11-13-15-17-19-21-23-25-27-29-31-34-32(35)36/h1-31H2,(H2,34,35,36). The van der Waals surface area contributed by atoms with Crippen LogP contribution >= 0.6 is 36.4 Å². The van der Waals surface area contributed by atoms with Gasteiger partial charge in [-0.1, -0.05) is 186 Å². The van der Waals surface area contributed by atoms with Gasteiger partial charge in [0.1, 0.15) is 4.32 Å². The van der Waals surface area contributed by atoms with E-state index in [9.17, 15) is 0 Å². The van der Waals surface area contributed by atoms with Crippen LogP contribution in [0.15, 0.2) is 0 Å². The average molecular weight is 562 g/mol. The van der Waals surface area contributed by atoms with Gasteiger partial charge in [0.2, 0.25) is 0 Å². The van der Waals surface area contributed by atoms with Crippen LogP contribution in [0.3, 0.4) is 0 Å². The molecule has 0 heterocycles. The Labute approximate surface area is 243 Å². The van der Waals surface area contributed by atoms with E-state index >= 15 is 0 Å². The van der Waals surface area contributed by atoms with Crippen molar-refractivity contribution < 1.29 is 0 Å². The molecule has 0 aromatic heterocycles. The number of hydrogen-bond donors (Lipinski definition) is 2. The number of thiocarbonyl (C=S) groups is 1. The van der Waals surface area contributed by atoms with E-state index in [2.05, 4.69) is 17.9 Å². The number of unbranched alkanes of at least 4 members (excludes halogenated alkanes) is 28. The van der Waals surface area contributed by atoms with E-state index < -0.39 is 0 Å². The molecule has 0 unspecified atom stereocenters. The molecule has 0 rings (SSSR count). The first kappa shape index (κ1) is 36.5. The first-order valence-electron chi connectivity index (χ1n) is 16.3. The lowest BCUT2D eigenvalue weighted by Gasteiger charge is -2.05. The third-order valence-corrected chi connectivity index (χ3v) is 8.16. The van der Waals surface area contributed by atoms with Gasteiger partial charge in [-0.25, -0.2) is 0 Å². The van der Waals surface area contributed by atoms with Gasteiger partial charge in [-0.05, 0) is 12.8 Å². The van der Waals surface area contributed by atoms with Crippen molar-refractivity contribution in [2.24, 2.45) is 0 Å². The van der Waals surface area contributed by atoms with Crippen LogP contribution in [0.1, 0.15) is 186 Å². The van der Waals surface area contributed by atoms with Gasteiger partial charge < -0.3 is 5.32 Å². The quantitative estimate of drug-likeness (QED) is 0.0377. The fourth-order valence-electron chi connectivity index (χ4n) is 5.19. The maximum Gasteiger partial charge on any atom is 0.130 e. The highest BCUT2D eigenvalue weighted by atomic mass is 35.5. The summed E-state index contributed by atoms with van der Waals surface area (Å²) in [4.78, 5) is 0. The Balaban J connectivity index is 3.02. The predicted octanol–water partition coefficient (Wildman–Crippen LogP) is 12.3. The summed E-state index contributed by atoms with van der Waals surface area (Å²) in [6.07, 6.45) is 41.4. The Morgan fingerprint density at radius 3 is 0.778 bits per heavy atom. The molecular weight excluding hydrogens is 498 g/mol. The van der Waals surface area contributed by atoms with Gasteiger partial charge in [0.15, 0.2) is 0 Å². The highest BCUT2D eigenvalue weighted by Crippen LogP contribution is 2.16. The smallest absolute Gasteiger partial charge is 0.130 e. The molecule has 0 aromatic rings. The second kappa shape index (κ2) is 33.6. The summed E-state index contributed by atoms with van der Waals surface area (Å²) in [6, 6.07) is 0. The molecular formula is C32H64ClNS2. The summed E-state index contributed by atoms with van der Waals surface area (Å²) in [5, 5.41) is 3.11. The van der Waals surface area contributed by atoms with Crippen molar-refractivity contribution in [2.45, 2.75) is 186 Å². The highest BCUT2D eigenvalue weighted by Gasteiger charge is 1.97. The molecule has 0 aliphatic heterocycles. The molecule has 0 spiro atoms. The zero-order chi connectivity index (χ0) is 26.2. The minimum Gasteiger partial charge on any atom is -0.371 e. The topological polar surface area (TPSA) is 12.0 Å². The Kier molecular flexibility index (Phi) is 34.1. The van der Waals surface area contributed by atoms with Crippen LogP contribution in [0.2, 0.25) is 0 Å². The van der Waals surface area contributed by atoms with Gasteiger partial charge in [0.25, 0.3) is 0 Å². The van der Waals surface area contributed by atoms with Gasteiger partial charge in [-0.3, -0.25) is 0 Å². The SMILES string of the molecule is S=C(S)NCCCCCCCCCCCCCCCCCCCCCCCCCCCCCCCCl. The van der Waals surface area contributed by atoms with Crippen molar-refractivity contribution in [3.8, 4) is 0 Å². The molecule has 4 heteroatoms. The number of rotatable bonds is 31. The second-order valence-electron chi connectivity index (χ2n) is 11.2. The Hall–Kier alpha value is 0.530. The summed E-state index contributed by atoms with van der Waals surface area (Å²) in [6.45, 7) is 0.986. The van der Waals surface area contributed by atoms with Crippen molar-refractivity contribution in [3.63, 3.8) is 0 Å². The van der Waals surface area contributed by atoms with Crippen LogP contribution in [0.4, 0.5) is 0 Å². The van der Waals surface area contributed by atoms with Crippen molar-refractivity contribution in [2.75, 3.05) is 12.4 Å². The van der Waals surface area contributed by atoms with Crippen LogP contribution in [0, 0.1) is 0 Å². The summed E-state index contributed by atoms with van der Waals surface area (Å²) in [7, 11) is 0. The van der Waals surface area contributed by atoms with Crippen molar-refractivity contribution in [3.05, 3.63) is 0 Å². The molecule has 0 fully saturated rings. The Morgan fingerprint density at radius 1 is 0.389 bits per heavy atom. The van der Waals surface area contributed by atoms with Gasteiger partial charge in [0, 0.05) is 12.4 Å². The number of thiol groups is 1. The van der Waals surface area contributed by atoms with Gasteiger partial charge in [0.05, 0.1) is 0 Å². The van der Waals surface area contributed by atoms with E-state index in [4.69, 9.17) is 23.8 Å². The highest BCUT2D eigenvalue weighted by molar-refractivity contribution is 8.11. The fraction of sp³-hybridized carbons (Fsp3) is 0.969. The summed E-state index contributed by atoms with van der Waals surface area (Å²) >= 11 is 14.7. The zero-order valence-electron chi connectivity index (χ0n) is 24.2. The van der Waals surface area contributed by atoms with E-state index in [0.29, 0.717) is 4.32 Å². The van der Waals surface area contributed by atoms with Crippen LogP contribution < -0.4 is 5.32 Å². The zero-order valence-corrected chi connectivity index (χ0v) is 26.6. The molecule has 0 atom stereocenters. The van der Waals surface area contributed by atoms with E-state index in [1.54, 1.807) is 0 Å². The molecule has 0 saturated carbocycles. The molecule has 0 amide bonds. The van der Waals surface area contributed by atoms with Crippen LogP contribution in [-0.4, -0.2) is 16.7 Å². The molecule has 0 aromatic carbocycles. The Bertz CT molecular complexity index is 419. The van der Waals surface area contributed by atoms with Crippen LogP contribution in [0.25, 0.3) is 0 Å². The number of nitrogens with one attached hydrogen (secondary N) is 1. The lowest BCUT2D eigenvalue weighted by Crippen LogP contribution is -2.17. The predicted molar refractivity (Wildman–Crippen MR) is 174 cm³/mol. The van der Waals surface area contributed by atoms with Crippen LogP contribution in [0.5, 0.6) is 0 Å². The fourth-order valence-corrected chi connectivity index (χ4v) is 5.59. The van der Waals surface area contributed by atoms with Crippen molar-refractivity contribution in [1.82, 2.24) is 5.32 Å². The molecule has 0 aliphatic carbocycles. The molecule has 216 valence electrons. The largest absolute Gasteiger partial charge is 0.371 e.